The minimum absolute atomic E-state index is 0.0862. The number of benzene rings is 3. The zero-order valence-electron chi connectivity index (χ0n) is 19.4. The second-order valence-electron chi connectivity index (χ2n) is 8.42. The van der Waals surface area contributed by atoms with Crippen LogP contribution >= 0.6 is 8.58 Å². The van der Waals surface area contributed by atoms with E-state index in [1.54, 1.807) is 0 Å². The summed E-state index contributed by atoms with van der Waals surface area (Å²) < 4.78 is 0. The van der Waals surface area contributed by atoms with Gasteiger partial charge in [-0.3, -0.25) is 4.99 Å². The van der Waals surface area contributed by atoms with Crippen molar-refractivity contribution in [3.63, 3.8) is 0 Å². The van der Waals surface area contributed by atoms with Crippen molar-refractivity contribution in [2.75, 3.05) is 0 Å². The van der Waals surface area contributed by atoms with Crippen LogP contribution in [0.3, 0.4) is 0 Å². The quantitative estimate of drug-likeness (QED) is 0.291. The Kier molecular flexibility index (Phi) is 7.68. The van der Waals surface area contributed by atoms with Gasteiger partial charge < -0.3 is 5.11 Å². The SMILES string of the molecule is CCCC(CC)(Pc1c(C)cccc1/C=N/c1ccccc1)c1cc(C)cc(C)c1O. The van der Waals surface area contributed by atoms with E-state index in [9.17, 15) is 5.11 Å². The highest BCUT2D eigenvalue weighted by molar-refractivity contribution is 7.49. The van der Waals surface area contributed by atoms with E-state index in [1.807, 2.05) is 43.5 Å². The zero-order valence-corrected chi connectivity index (χ0v) is 20.4. The van der Waals surface area contributed by atoms with Crippen molar-refractivity contribution < 1.29 is 5.11 Å². The van der Waals surface area contributed by atoms with E-state index in [1.165, 1.54) is 22.0 Å². The molecule has 2 atom stereocenters. The predicted molar refractivity (Wildman–Crippen MR) is 137 cm³/mol. The van der Waals surface area contributed by atoms with Gasteiger partial charge >= 0.3 is 0 Å². The zero-order chi connectivity index (χ0) is 22.4. The lowest BCUT2D eigenvalue weighted by Gasteiger charge is -2.36. The Morgan fingerprint density at radius 2 is 1.68 bits per heavy atom. The monoisotopic (exact) mass is 431 g/mol. The average Bonchev–Trinajstić information content (AvgIpc) is 2.77. The Hall–Kier alpha value is -2.44. The fourth-order valence-electron chi connectivity index (χ4n) is 4.34. The number of rotatable bonds is 8. The number of aryl methyl sites for hydroxylation is 3. The fraction of sp³-hybridized carbons (Fsp3) is 0.321. The van der Waals surface area contributed by atoms with Gasteiger partial charge in [0.15, 0.2) is 0 Å². The molecular formula is C28H34NOP. The van der Waals surface area contributed by atoms with Crippen molar-refractivity contribution in [3.8, 4) is 5.75 Å². The van der Waals surface area contributed by atoms with Crippen LogP contribution in [-0.2, 0) is 5.16 Å². The second-order valence-corrected chi connectivity index (χ2v) is 10.1. The average molecular weight is 432 g/mol. The third kappa shape index (κ3) is 5.25. The van der Waals surface area contributed by atoms with Crippen LogP contribution in [0.25, 0.3) is 0 Å². The van der Waals surface area contributed by atoms with E-state index in [0.29, 0.717) is 14.3 Å². The van der Waals surface area contributed by atoms with Gasteiger partial charge in [-0.1, -0.05) is 82.9 Å². The fourth-order valence-corrected chi connectivity index (χ4v) is 6.27. The number of aliphatic imine (C=N–C) groups is 1. The maximum Gasteiger partial charge on any atom is 0.122 e. The van der Waals surface area contributed by atoms with Crippen LogP contribution in [0.1, 0.15) is 60.9 Å². The number of para-hydroxylation sites is 1. The number of hydrogen-bond donors (Lipinski definition) is 1. The van der Waals surface area contributed by atoms with Crippen LogP contribution in [0.4, 0.5) is 5.69 Å². The lowest BCUT2D eigenvalue weighted by molar-refractivity contribution is 0.438. The Bertz CT molecular complexity index is 1060. The van der Waals surface area contributed by atoms with Crippen LogP contribution in [0, 0.1) is 20.8 Å². The van der Waals surface area contributed by atoms with Crippen LogP contribution in [0.5, 0.6) is 5.75 Å². The van der Waals surface area contributed by atoms with Gasteiger partial charge in [0, 0.05) is 22.5 Å². The highest BCUT2D eigenvalue weighted by Crippen LogP contribution is 2.52. The van der Waals surface area contributed by atoms with Gasteiger partial charge in [-0.05, 0) is 62.2 Å². The van der Waals surface area contributed by atoms with E-state index in [-0.39, 0.29) is 5.16 Å². The molecule has 0 amide bonds. The van der Waals surface area contributed by atoms with Crippen molar-refractivity contribution in [1.29, 1.82) is 0 Å². The lowest BCUT2D eigenvalue weighted by Crippen LogP contribution is -2.25. The minimum Gasteiger partial charge on any atom is -0.507 e. The van der Waals surface area contributed by atoms with E-state index >= 15 is 0 Å². The molecule has 162 valence electrons. The largest absolute Gasteiger partial charge is 0.507 e. The number of phenols is 1. The molecule has 2 nitrogen and oxygen atoms in total. The molecule has 0 aromatic heterocycles. The molecule has 0 bridgehead atoms. The first kappa shape index (κ1) is 23.2. The second kappa shape index (κ2) is 10.2. The summed E-state index contributed by atoms with van der Waals surface area (Å²) in [5.74, 6) is 0.460. The van der Waals surface area contributed by atoms with Gasteiger partial charge in [0.2, 0.25) is 0 Å². The smallest absolute Gasteiger partial charge is 0.122 e. The van der Waals surface area contributed by atoms with Crippen molar-refractivity contribution in [2.45, 2.75) is 59.0 Å². The third-order valence-corrected chi connectivity index (χ3v) is 8.30. The molecule has 3 aromatic rings. The molecule has 0 radical (unpaired) electrons. The van der Waals surface area contributed by atoms with Gasteiger partial charge in [0.25, 0.3) is 0 Å². The highest BCUT2D eigenvalue weighted by atomic mass is 31.1. The summed E-state index contributed by atoms with van der Waals surface area (Å²) in [5, 5.41) is 12.3. The Balaban J connectivity index is 2.10. The van der Waals surface area contributed by atoms with Crippen LogP contribution in [0.2, 0.25) is 0 Å². The summed E-state index contributed by atoms with van der Waals surface area (Å²) >= 11 is 0. The van der Waals surface area contributed by atoms with Crippen molar-refractivity contribution in [2.24, 2.45) is 4.99 Å². The topological polar surface area (TPSA) is 32.6 Å². The minimum atomic E-state index is -0.0862. The molecule has 0 heterocycles. The molecule has 31 heavy (non-hydrogen) atoms. The summed E-state index contributed by atoms with van der Waals surface area (Å²) in [4.78, 5) is 4.73. The summed E-state index contributed by atoms with van der Waals surface area (Å²) in [6.45, 7) is 10.8. The molecule has 0 saturated heterocycles. The molecule has 2 unspecified atom stereocenters. The van der Waals surface area contributed by atoms with Crippen LogP contribution < -0.4 is 5.30 Å². The summed E-state index contributed by atoms with van der Waals surface area (Å²) in [6.07, 6.45) is 5.10. The Morgan fingerprint density at radius 3 is 2.35 bits per heavy atom. The molecule has 0 aliphatic heterocycles. The number of nitrogens with zero attached hydrogens (tertiary/aromatic N) is 1. The summed E-state index contributed by atoms with van der Waals surface area (Å²) in [7, 11) is 0.553. The maximum atomic E-state index is 11.1. The van der Waals surface area contributed by atoms with Crippen molar-refractivity contribution >= 4 is 25.8 Å². The first-order valence-electron chi connectivity index (χ1n) is 11.2. The standard InChI is InChI=1S/C28H34NOP/c1-6-16-28(7-2,25-18-20(3)17-22(5)26(25)30)31-27-21(4)12-11-13-23(27)19-29-24-14-9-8-10-15-24/h8-15,17-19,30-31H,6-7,16H2,1-5H3/b29-19+. The molecule has 0 spiro atoms. The summed E-state index contributed by atoms with van der Waals surface area (Å²) in [5.41, 5.74) is 6.68. The van der Waals surface area contributed by atoms with Gasteiger partial charge in [0.1, 0.15) is 5.75 Å². The van der Waals surface area contributed by atoms with Gasteiger partial charge in [-0.25, -0.2) is 0 Å². The number of aromatic hydroxyl groups is 1. The first-order chi connectivity index (χ1) is 14.9. The molecule has 0 fully saturated rings. The van der Waals surface area contributed by atoms with Crippen LogP contribution in [0.15, 0.2) is 65.7 Å². The van der Waals surface area contributed by atoms with Gasteiger partial charge in [-0.2, -0.15) is 0 Å². The molecule has 3 aromatic carbocycles. The maximum absolute atomic E-state index is 11.1. The predicted octanol–water partition coefficient (Wildman–Crippen LogP) is 7.48. The third-order valence-electron chi connectivity index (χ3n) is 6.02. The molecule has 0 saturated carbocycles. The first-order valence-corrected chi connectivity index (χ1v) is 12.2. The molecular weight excluding hydrogens is 397 g/mol. The number of hydrogen-bond acceptors (Lipinski definition) is 2. The van der Waals surface area contributed by atoms with Gasteiger partial charge in [0.05, 0.1) is 5.69 Å². The van der Waals surface area contributed by atoms with E-state index in [0.717, 1.165) is 36.1 Å². The van der Waals surface area contributed by atoms with Crippen LogP contribution in [-0.4, -0.2) is 11.3 Å². The molecule has 3 rings (SSSR count). The molecule has 1 N–H and O–H groups in total. The highest BCUT2D eigenvalue weighted by Gasteiger charge is 2.34. The molecule has 0 aliphatic carbocycles. The Labute approximate surface area is 189 Å². The van der Waals surface area contributed by atoms with E-state index in [2.05, 4.69) is 58.0 Å². The van der Waals surface area contributed by atoms with Crippen molar-refractivity contribution in [1.82, 2.24) is 0 Å². The Morgan fingerprint density at radius 1 is 0.935 bits per heavy atom. The molecule has 3 heteroatoms. The van der Waals surface area contributed by atoms with E-state index in [4.69, 9.17) is 4.99 Å². The molecule has 0 aliphatic rings. The lowest BCUT2D eigenvalue weighted by atomic mass is 9.88. The van der Waals surface area contributed by atoms with E-state index < -0.39 is 0 Å². The van der Waals surface area contributed by atoms with Crippen molar-refractivity contribution in [3.05, 3.63) is 88.5 Å². The summed E-state index contributed by atoms with van der Waals surface area (Å²) in [6, 6.07) is 20.8. The number of phenolic OH excluding ortho intramolecular Hbond substituents is 1. The van der Waals surface area contributed by atoms with Gasteiger partial charge in [-0.15, -0.1) is 0 Å². The normalized spacial score (nSPS) is 13.8.